The van der Waals surface area contributed by atoms with Crippen molar-refractivity contribution in [1.82, 2.24) is 10.0 Å². The largest absolute Gasteiger partial charge is 0.497 e. The molecule has 1 aromatic carbocycles. The van der Waals surface area contributed by atoms with E-state index < -0.39 is 10.0 Å². The Morgan fingerprint density at radius 1 is 1.24 bits per heavy atom. The second-order valence-corrected chi connectivity index (χ2v) is 5.59. The number of benzene rings is 1. The van der Waals surface area contributed by atoms with Crippen molar-refractivity contribution < 1.29 is 13.2 Å². The molecule has 96 valence electrons. The summed E-state index contributed by atoms with van der Waals surface area (Å²) < 4.78 is 29.6. The fraction of sp³-hybridized carbons (Fsp3) is 0.455. The zero-order chi connectivity index (χ0) is 12.7. The quantitative estimate of drug-likeness (QED) is 0.692. The molecule has 5 nitrogen and oxygen atoms in total. The molecule has 6 heteroatoms. The van der Waals surface area contributed by atoms with E-state index in [9.17, 15) is 8.42 Å². The van der Waals surface area contributed by atoms with E-state index in [0.29, 0.717) is 13.1 Å². The lowest BCUT2D eigenvalue weighted by Gasteiger charge is -2.06. The van der Waals surface area contributed by atoms with E-state index in [1.165, 1.54) is 7.05 Å². The molecule has 0 heterocycles. The van der Waals surface area contributed by atoms with Gasteiger partial charge < -0.3 is 10.1 Å². The maximum Gasteiger partial charge on any atom is 0.212 e. The van der Waals surface area contributed by atoms with Crippen LogP contribution in [0.2, 0.25) is 0 Å². The lowest BCUT2D eigenvalue weighted by molar-refractivity contribution is 0.414. The Balaban J connectivity index is 2.31. The van der Waals surface area contributed by atoms with E-state index >= 15 is 0 Å². The molecule has 0 aliphatic rings. The van der Waals surface area contributed by atoms with Gasteiger partial charge in [-0.25, -0.2) is 13.1 Å². The van der Waals surface area contributed by atoms with E-state index in [1.54, 1.807) is 7.11 Å². The second-order valence-electron chi connectivity index (χ2n) is 3.55. The van der Waals surface area contributed by atoms with E-state index in [4.69, 9.17) is 4.74 Å². The van der Waals surface area contributed by atoms with Gasteiger partial charge in [0.15, 0.2) is 0 Å². The van der Waals surface area contributed by atoms with Gasteiger partial charge in [-0.1, -0.05) is 12.1 Å². The van der Waals surface area contributed by atoms with Crippen molar-refractivity contribution in [2.45, 2.75) is 6.54 Å². The van der Waals surface area contributed by atoms with E-state index in [2.05, 4.69) is 10.0 Å². The van der Waals surface area contributed by atoms with Crippen molar-refractivity contribution in [3.05, 3.63) is 29.8 Å². The highest BCUT2D eigenvalue weighted by Gasteiger charge is 2.05. The van der Waals surface area contributed by atoms with Gasteiger partial charge in [0.25, 0.3) is 0 Å². The Morgan fingerprint density at radius 3 is 2.41 bits per heavy atom. The minimum atomic E-state index is -3.12. The smallest absolute Gasteiger partial charge is 0.212 e. The van der Waals surface area contributed by atoms with Crippen LogP contribution in [0.3, 0.4) is 0 Å². The summed E-state index contributed by atoms with van der Waals surface area (Å²) in [6.45, 7) is 1.07. The molecule has 0 amide bonds. The predicted octanol–water partition coefficient (Wildman–Crippen LogP) is 0.334. The molecular weight excluding hydrogens is 240 g/mol. The molecule has 2 N–H and O–H groups in total. The topological polar surface area (TPSA) is 67.4 Å². The van der Waals surface area contributed by atoms with E-state index in [0.717, 1.165) is 11.3 Å². The molecule has 1 aromatic rings. The molecule has 0 bridgehead atoms. The van der Waals surface area contributed by atoms with Gasteiger partial charge in [-0.3, -0.25) is 0 Å². The summed E-state index contributed by atoms with van der Waals surface area (Å²) in [4.78, 5) is 0. The molecule has 0 radical (unpaired) electrons. The summed E-state index contributed by atoms with van der Waals surface area (Å²) in [5, 5.41) is 3.07. The summed E-state index contributed by atoms with van der Waals surface area (Å²) in [6, 6.07) is 7.64. The maximum atomic E-state index is 11.1. The Kier molecular flexibility index (Phi) is 5.40. The van der Waals surface area contributed by atoms with Crippen molar-refractivity contribution >= 4 is 10.0 Å². The van der Waals surface area contributed by atoms with E-state index in [-0.39, 0.29) is 5.75 Å². The molecule has 0 saturated carbocycles. The Morgan fingerprint density at radius 2 is 1.88 bits per heavy atom. The first kappa shape index (κ1) is 14.0. The molecule has 1 rings (SSSR count). The van der Waals surface area contributed by atoms with Gasteiger partial charge in [-0.15, -0.1) is 0 Å². The molecular formula is C11H18N2O3S. The van der Waals surface area contributed by atoms with Crippen LogP contribution in [-0.4, -0.2) is 34.9 Å². The fourth-order valence-corrected chi connectivity index (χ4v) is 1.90. The Labute approximate surface area is 102 Å². The minimum Gasteiger partial charge on any atom is -0.497 e. The molecule has 0 fully saturated rings. The van der Waals surface area contributed by atoms with Gasteiger partial charge in [0.2, 0.25) is 10.0 Å². The summed E-state index contributed by atoms with van der Waals surface area (Å²) in [7, 11) is -0.0807. The zero-order valence-electron chi connectivity index (χ0n) is 10.1. The van der Waals surface area contributed by atoms with Crippen molar-refractivity contribution in [2.24, 2.45) is 0 Å². The van der Waals surface area contributed by atoms with Crippen LogP contribution < -0.4 is 14.8 Å². The van der Waals surface area contributed by atoms with Crippen LogP contribution in [0.4, 0.5) is 0 Å². The number of sulfonamides is 1. The Bertz CT molecular complexity index is 429. The highest BCUT2D eigenvalue weighted by molar-refractivity contribution is 7.89. The summed E-state index contributed by atoms with van der Waals surface area (Å²) in [5.74, 6) is 0.895. The van der Waals surface area contributed by atoms with Gasteiger partial charge in [0.05, 0.1) is 12.9 Å². The number of rotatable bonds is 7. The van der Waals surface area contributed by atoms with Gasteiger partial charge in [-0.2, -0.15) is 0 Å². The summed E-state index contributed by atoms with van der Waals surface area (Å²) in [5.41, 5.74) is 1.09. The first-order chi connectivity index (χ1) is 8.07. The van der Waals surface area contributed by atoms with Crippen molar-refractivity contribution in [2.75, 3.05) is 26.5 Å². The number of methoxy groups -OCH3 is 1. The van der Waals surface area contributed by atoms with Crippen LogP contribution in [-0.2, 0) is 16.6 Å². The van der Waals surface area contributed by atoms with Crippen LogP contribution >= 0.6 is 0 Å². The molecule has 0 spiro atoms. The highest BCUT2D eigenvalue weighted by Crippen LogP contribution is 2.10. The fourth-order valence-electron chi connectivity index (χ4n) is 1.28. The van der Waals surface area contributed by atoms with Gasteiger partial charge >= 0.3 is 0 Å². The number of hydrogen-bond donors (Lipinski definition) is 2. The van der Waals surface area contributed by atoms with Crippen LogP contribution in [0.5, 0.6) is 5.75 Å². The van der Waals surface area contributed by atoms with Crippen LogP contribution in [0, 0.1) is 0 Å². The standard InChI is InChI=1S/C11H18N2O3S/c1-12-17(14,15)8-7-13-9-10-3-5-11(16-2)6-4-10/h3-6,12-13H,7-9H2,1-2H3. The van der Waals surface area contributed by atoms with Crippen molar-refractivity contribution in [3.8, 4) is 5.75 Å². The molecule has 0 aliphatic heterocycles. The average molecular weight is 258 g/mol. The normalized spacial score (nSPS) is 11.4. The molecule has 0 unspecified atom stereocenters. The van der Waals surface area contributed by atoms with Crippen LogP contribution in [0.15, 0.2) is 24.3 Å². The second kappa shape index (κ2) is 6.58. The lowest BCUT2D eigenvalue weighted by atomic mass is 10.2. The number of nitrogens with one attached hydrogen (secondary N) is 2. The molecule has 0 aliphatic carbocycles. The third-order valence-electron chi connectivity index (χ3n) is 2.35. The van der Waals surface area contributed by atoms with E-state index in [1.807, 2.05) is 24.3 Å². The SMILES string of the molecule is CNS(=O)(=O)CCNCc1ccc(OC)cc1. The third-order valence-corrected chi connectivity index (χ3v) is 3.71. The van der Waals surface area contributed by atoms with Crippen LogP contribution in [0.25, 0.3) is 0 Å². The van der Waals surface area contributed by atoms with Crippen molar-refractivity contribution in [3.63, 3.8) is 0 Å². The Hall–Kier alpha value is -1.11. The molecule has 0 aromatic heterocycles. The minimum absolute atomic E-state index is 0.0830. The number of ether oxygens (including phenoxy) is 1. The maximum absolute atomic E-state index is 11.1. The van der Waals surface area contributed by atoms with Crippen molar-refractivity contribution in [1.29, 1.82) is 0 Å². The summed E-state index contributed by atoms with van der Waals surface area (Å²) in [6.07, 6.45) is 0. The van der Waals surface area contributed by atoms with Gasteiger partial charge in [0.1, 0.15) is 5.75 Å². The number of hydrogen-bond acceptors (Lipinski definition) is 4. The average Bonchev–Trinajstić information content (AvgIpc) is 2.35. The zero-order valence-corrected chi connectivity index (χ0v) is 10.9. The lowest BCUT2D eigenvalue weighted by Crippen LogP contribution is -2.29. The van der Waals surface area contributed by atoms with Crippen LogP contribution in [0.1, 0.15) is 5.56 Å². The first-order valence-electron chi connectivity index (χ1n) is 5.32. The monoisotopic (exact) mass is 258 g/mol. The molecule has 17 heavy (non-hydrogen) atoms. The third kappa shape index (κ3) is 5.16. The summed E-state index contributed by atoms with van der Waals surface area (Å²) >= 11 is 0. The van der Waals surface area contributed by atoms with Gasteiger partial charge in [0, 0.05) is 13.1 Å². The predicted molar refractivity (Wildman–Crippen MR) is 67.5 cm³/mol. The molecule has 0 atom stereocenters. The molecule has 0 saturated heterocycles. The first-order valence-corrected chi connectivity index (χ1v) is 6.97. The van der Waals surface area contributed by atoms with Gasteiger partial charge in [-0.05, 0) is 24.7 Å². The highest BCUT2D eigenvalue weighted by atomic mass is 32.2.